The highest BCUT2D eigenvalue weighted by Crippen LogP contribution is 2.35. The molecule has 3 aromatic carbocycles. The van der Waals surface area contributed by atoms with Gasteiger partial charge in [-0.05, 0) is 67.5 Å². The first-order chi connectivity index (χ1) is 19.2. The van der Waals surface area contributed by atoms with Gasteiger partial charge in [-0.2, -0.15) is 0 Å². The normalized spacial score (nSPS) is 16.0. The molecular formula is C30H26ClF2N3O4. The number of amides is 1. The standard InChI is InChI=1S/C30H26ClF2N3O4/c31-23-10-11-24-27(26(23)33)36(30(40)35(24)16-20-2-1-3-22(25(20)32)29(38)39)21-8-6-17(7-9-21)18-12-14-34(15-13-18)28(37)19-4-5-19/h1-3,6-11,18-19H,4-5,12-16H2,(H,38,39). The average Bonchev–Trinajstić information content (AvgIpc) is 3.77. The van der Waals surface area contributed by atoms with Gasteiger partial charge >= 0.3 is 11.7 Å². The Kier molecular flexibility index (Phi) is 6.70. The van der Waals surface area contributed by atoms with Crippen LogP contribution in [0.25, 0.3) is 16.7 Å². The molecule has 1 saturated carbocycles. The molecule has 0 atom stereocenters. The van der Waals surface area contributed by atoms with E-state index in [0.29, 0.717) is 5.69 Å². The highest BCUT2D eigenvalue weighted by Gasteiger charge is 2.35. The second-order valence-electron chi connectivity index (χ2n) is 10.5. The van der Waals surface area contributed by atoms with Gasteiger partial charge in [0.2, 0.25) is 5.91 Å². The molecule has 0 unspecified atom stereocenters. The van der Waals surface area contributed by atoms with Gasteiger partial charge in [0.05, 0.1) is 28.3 Å². The van der Waals surface area contributed by atoms with Crippen LogP contribution in [0.3, 0.4) is 0 Å². The first-order valence-corrected chi connectivity index (χ1v) is 13.6. The molecule has 1 aliphatic heterocycles. The SMILES string of the molecule is O=C(O)c1cccc(Cn2c(=O)n(-c3ccc(C4CCN(C(=O)C5CC5)CC4)cc3)c3c(F)c(Cl)ccc32)c1F. The van der Waals surface area contributed by atoms with Crippen molar-refractivity contribution in [3.05, 3.63) is 98.4 Å². The highest BCUT2D eigenvalue weighted by atomic mass is 35.5. The minimum Gasteiger partial charge on any atom is -0.478 e. The van der Waals surface area contributed by atoms with E-state index in [-0.39, 0.29) is 45.9 Å². The molecule has 1 amide bonds. The molecule has 6 rings (SSSR count). The van der Waals surface area contributed by atoms with Crippen LogP contribution in [-0.4, -0.2) is 44.1 Å². The molecule has 4 aromatic rings. The van der Waals surface area contributed by atoms with E-state index in [9.17, 15) is 23.9 Å². The Labute approximate surface area is 233 Å². The van der Waals surface area contributed by atoms with E-state index in [1.165, 1.54) is 33.4 Å². The topological polar surface area (TPSA) is 84.5 Å². The number of piperidine rings is 1. The van der Waals surface area contributed by atoms with Crippen molar-refractivity contribution in [2.75, 3.05) is 13.1 Å². The molecule has 0 radical (unpaired) electrons. The molecule has 206 valence electrons. The zero-order valence-electron chi connectivity index (χ0n) is 21.4. The largest absolute Gasteiger partial charge is 0.478 e. The fourth-order valence-electron chi connectivity index (χ4n) is 5.63. The summed E-state index contributed by atoms with van der Waals surface area (Å²) in [6.45, 7) is 1.14. The molecule has 1 aliphatic carbocycles. The average molecular weight is 566 g/mol. The highest BCUT2D eigenvalue weighted by molar-refractivity contribution is 6.31. The number of aromatic nitrogens is 2. The number of carbonyl (C=O) groups excluding carboxylic acids is 1. The molecule has 1 aromatic heterocycles. The molecule has 7 nitrogen and oxygen atoms in total. The molecular weight excluding hydrogens is 540 g/mol. The first kappa shape index (κ1) is 26.3. The number of fused-ring (bicyclic) bond motifs is 1. The molecule has 2 heterocycles. The number of nitrogens with zero attached hydrogens (tertiary/aromatic N) is 3. The van der Waals surface area contributed by atoms with Gasteiger partial charge in [-0.1, -0.05) is 35.9 Å². The number of hydrogen-bond donors (Lipinski definition) is 1. The van der Waals surface area contributed by atoms with E-state index < -0.39 is 28.9 Å². The van der Waals surface area contributed by atoms with Crippen molar-refractivity contribution in [2.24, 2.45) is 5.92 Å². The van der Waals surface area contributed by atoms with Crippen molar-refractivity contribution >= 4 is 34.5 Å². The lowest BCUT2D eigenvalue weighted by molar-refractivity contribution is -0.133. The molecule has 2 fully saturated rings. The summed E-state index contributed by atoms with van der Waals surface area (Å²) in [5.74, 6) is -2.42. The lowest BCUT2D eigenvalue weighted by Crippen LogP contribution is -2.38. The maximum atomic E-state index is 15.4. The van der Waals surface area contributed by atoms with Crippen molar-refractivity contribution in [3.8, 4) is 5.69 Å². The molecule has 10 heteroatoms. The molecule has 40 heavy (non-hydrogen) atoms. The second kappa shape index (κ2) is 10.2. The van der Waals surface area contributed by atoms with Gasteiger partial charge in [-0.15, -0.1) is 0 Å². The van der Waals surface area contributed by atoms with Crippen LogP contribution in [0.2, 0.25) is 5.02 Å². The molecule has 1 saturated heterocycles. The summed E-state index contributed by atoms with van der Waals surface area (Å²) in [6, 6.07) is 14.1. The van der Waals surface area contributed by atoms with Crippen LogP contribution in [0.1, 0.15) is 53.1 Å². The number of hydrogen-bond acceptors (Lipinski definition) is 3. The number of carboxylic acid groups (broad SMARTS) is 1. The number of benzene rings is 3. The Morgan fingerprint density at radius 2 is 1.62 bits per heavy atom. The Bertz CT molecular complexity index is 1700. The van der Waals surface area contributed by atoms with Crippen molar-refractivity contribution in [1.82, 2.24) is 14.0 Å². The van der Waals surface area contributed by atoms with Gasteiger partial charge in [0.25, 0.3) is 0 Å². The van der Waals surface area contributed by atoms with Crippen LogP contribution in [-0.2, 0) is 11.3 Å². The van der Waals surface area contributed by atoms with Crippen LogP contribution < -0.4 is 5.69 Å². The first-order valence-electron chi connectivity index (χ1n) is 13.2. The Balaban J connectivity index is 1.34. The van der Waals surface area contributed by atoms with Gasteiger partial charge < -0.3 is 10.0 Å². The molecule has 0 spiro atoms. The van der Waals surface area contributed by atoms with E-state index in [1.54, 1.807) is 12.1 Å². The van der Waals surface area contributed by atoms with Crippen LogP contribution in [0.4, 0.5) is 8.78 Å². The fourth-order valence-corrected chi connectivity index (χ4v) is 5.78. The van der Waals surface area contributed by atoms with Crippen molar-refractivity contribution in [2.45, 2.75) is 38.1 Å². The lowest BCUT2D eigenvalue weighted by Gasteiger charge is -2.32. The summed E-state index contributed by atoms with van der Waals surface area (Å²) in [4.78, 5) is 39.4. The monoisotopic (exact) mass is 565 g/mol. The maximum absolute atomic E-state index is 15.4. The number of imidazole rings is 1. The van der Waals surface area contributed by atoms with Gasteiger partial charge in [0.1, 0.15) is 11.3 Å². The molecule has 1 N–H and O–H groups in total. The van der Waals surface area contributed by atoms with E-state index in [2.05, 4.69) is 0 Å². The van der Waals surface area contributed by atoms with Gasteiger partial charge in [0, 0.05) is 24.6 Å². The van der Waals surface area contributed by atoms with Crippen LogP contribution in [0.15, 0.2) is 59.4 Å². The Morgan fingerprint density at radius 1 is 0.925 bits per heavy atom. The molecule has 0 bridgehead atoms. The van der Waals surface area contributed by atoms with Crippen molar-refractivity contribution < 1.29 is 23.5 Å². The maximum Gasteiger partial charge on any atom is 0.338 e. The summed E-state index contributed by atoms with van der Waals surface area (Å²) >= 11 is 6.08. The lowest BCUT2D eigenvalue weighted by atomic mass is 9.89. The predicted octanol–water partition coefficient (Wildman–Crippen LogP) is 5.59. The van der Waals surface area contributed by atoms with Gasteiger partial charge in [-0.25, -0.2) is 18.4 Å². The minimum absolute atomic E-state index is 0.0155. The summed E-state index contributed by atoms with van der Waals surface area (Å²) in [7, 11) is 0. The van der Waals surface area contributed by atoms with E-state index in [0.717, 1.165) is 50.4 Å². The number of aromatic carboxylic acids is 1. The Morgan fingerprint density at radius 3 is 2.27 bits per heavy atom. The van der Waals surface area contributed by atoms with Crippen molar-refractivity contribution in [1.29, 1.82) is 0 Å². The minimum atomic E-state index is -1.42. The zero-order valence-corrected chi connectivity index (χ0v) is 22.2. The van der Waals surface area contributed by atoms with Crippen LogP contribution in [0.5, 0.6) is 0 Å². The third kappa shape index (κ3) is 4.58. The fraction of sp³-hybridized carbons (Fsp3) is 0.300. The van der Waals surface area contributed by atoms with E-state index in [1.807, 2.05) is 17.0 Å². The van der Waals surface area contributed by atoms with Crippen molar-refractivity contribution in [3.63, 3.8) is 0 Å². The number of carbonyl (C=O) groups is 2. The van der Waals surface area contributed by atoms with E-state index in [4.69, 9.17) is 11.6 Å². The van der Waals surface area contributed by atoms with Gasteiger partial charge in [-0.3, -0.25) is 13.9 Å². The number of carboxylic acids is 1. The number of halogens is 3. The summed E-state index contributed by atoms with van der Waals surface area (Å²) in [5, 5.41) is 9.12. The third-order valence-corrected chi connectivity index (χ3v) is 8.27. The molecule has 2 aliphatic rings. The smallest absolute Gasteiger partial charge is 0.338 e. The second-order valence-corrected chi connectivity index (χ2v) is 10.9. The third-order valence-electron chi connectivity index (χ3n) is 7.98. The number of likely N-dealkylation sites (tertiary alicyclic amines) is 1. The van der Waals surface area contributed by atoms with Crippen LogP contribution >= 0.6 is 11.6 Å². The quantitative estimate of drug-likeness (QED) is 0.330. The van der Waals surface area contributed by atoms with Gasteiger partial charge in [0.15, 0.2) is 5.82 Å². The summed E-state index contributed by atoms with van der Waals surface area (Å²) in [5.41, 5.74) is 0.497. The van der Waals surface area contributed by atoms with Crippen LogP contribution in [0, 0.1) is 17.6 Å². The summed E-state index contributed by atoms with van der Waals surface area (Å²) in [6.07, 6.45) is 3.68. The Hall–Kier alpha value is -3.98. The summed E-state index contributed by atoms with van der Waals surface area (Å²) < 4.78 is 32.7. The predicted molar refractivity (Wildman–Crippen MR) is 146 cm³/mol. The number of rotatable bonds is 6. The van der Waals surface area contributed by atoms with E-state index >= 15 is 4.39 Å². The zero-order chi connectivity index (χ0) is 28.1.